The Labute approximate surface area is 138 Å². The Morgan fingerprint density at radius 1 is 1.22 bits per heavy atom. The molecule has 0 aliphatic carbocycles. The molecule has 130 valence electrons. The van der Waals surface area contributed by atoms with Crippen molar-refractivity contribution in [2.24, 2.45) is 0 Å². The third-order valence-corrected chi connectivity index (χ3v) is 4.93. The largest absolute Gasteiger partial charge is 0.484 e. The number of amides is 1. The molecule has 0 aromatic heterocycles. The first-order valence-corrected chi connectivity index (χ1v) is 9.39. The Hall–Kier alpha value is -1.60. The second-order valence-electron chi connectivity index (χ2n) is 5.39. The third-order valence-electron chi connectivity index (χ3n) is 3.33. The van der Waals surface area contributed by atoms with Crippen molar-refractivity contribution >= 4 is 15.9 Å². The molecule has 0 heterocycles. The van der Waals surface area contributed by atoms with E-state index in [0.29, 0.717) is 18.7 Å². The molecule has 2 N–H and O–H groups in total. The van der Waals surface area contributed by atoms with Crippen LogP contribution in [0.3, 0.4) is 0 Å². The molecular formula is C16H26N2O4S. The van der Waals surface area contributed by atoms with Crippen LogP contribution in [0.5, 0.6) is 5.75 Å². The number of carbonyl (C=O) groups is 1. The molecule has 0 radical (unpaired) electrons. The van der Waals surface area contributed by atoms with Crippen LogP contribution in [0, 0.1) is 0 Å². The zero-order valence-electron chi connectivity index (χ0n) is 14.0. The number of unbranched alkanes of at least 4 members (excludes halogenated alkanes) is 1. The first-order chi connectivity index (χ1) is 10.9. The van der Waals surface area contributed by atoms with Gasteiger partial charge in [-0.15, -0.1) is 0 Å². The number of carbonyl (C=O) groups excluding carboxylic acids is 1. The third kappa shape index (κ3) is 7.00. The minimum absolute atomic E-state index is 0.0824. The Balaban J connectivity index is 2.55. The highest BCUT2D eigenvalue weighted by Crippen LogP contribution is 2.16. The van der Waals surface area contributed by atoms with Crippen molar-refractivity contribution in [2.45, 2.75) is 51.0 Å². The van der Waals surface area contributed by atoms with Gasteiger partial charge in [0.1, 0.15) is 5.75 Å². The van der Waals surface area contributed by atoms with Gasteiger partial charge < -0.3 is 10.1 Å². The van der Waals surface area contributed by atoms with E-state index >= 15 is 0 Å². The van der Waals surface area contributed by atoms with Gasteiger partial charge in [-0.2, -0.15) is 0 Å². The lowest BCUT2D eigenvalue weighted by molar-refractivity contribution is -0.123. The molecule has 0 saturated heterocycles. The minimum atomic E-state index is -3.52. The summed E-state index contributed by atoms with van der Waals surface area (Å²) >= 11 is 0. The van der Waals surface area contributed by atoms with Gasteiger partial charge in [0.05, 0.1) is 4.90 Å². The molecule has 23 heavy (non-hydrogen) atoms. The van der Waals surface area contributed by atoms with Crippen LogP contribution in [0.15, 0.2) is 29.2 Å². The predicted molar refractivity (Wildman–Crippen MR) is 89.9 cm³/mol. The van der Waals surface area contributed by atoms with Crippen molar-refractivity contribution in [1.82, 2.24) is 10.0 Å². The van der Waals surface area contributed by atoms with Crippen molar-refractivity contribution < 1.29 is 17.9 Å². The van der Waals surface area contributed by atoms with Crippen LogP contribution in [0.1, 0.15) is 40.0 Å². The van der Waals surface area contributed by atoms with Gasteiger partial charge in [0.15, 0.2) is 6.61 Å². The van der Waals surface area contributed by atoms with E-state index in [1.165, 1.54) is 12.1 Å². The highest BCUT2D eigenvalue weighted by Gasteiger charge is 2.16. The zero-order valence-corrected chi connectivity index (χ0v) is 14.8. The summed E-state index contributed by atoms with van der Waals surface area (Å²) in [6.45, 7) is 6.33. The van der Waals surface area contributed by atoms with Crippen LogP contribution >= 0.6 is 0 Å². The second-order valence-corrected chi connectivity index (χ2v) is 7.11. The van der Waals surface area contributed by atoms with Crippen molar-refractivity contribution in [3.63, 3.8) is 0 Å². The second kappa shape index (κ2) is 9.52. The molecule has 1 atom stereocenters. The molecule has 0 aliphatic heterocycles. The monoisotopic (exact) mass is 342 g/mol. The predicted octanol–water partition coefficient (Wildman–Crippen LogP) is 2.06. The first kappa shape index (κ1) is 19.4. The molecule has 6 nitrogen and oxygen atoms in total. The number of hydrogen-bond donors (Lipinski definition) is 2. The van der Waals surface area contributed by atoms with Gasteiger partial charge in [-0.3, -0.25) is 4.79 Å². The van der Waals surface area contributed by atoms with E-state index in [9.17, 15) is 13.2 Å². The van der Waals surface area contributed by atoms with Crippen molar-refractivity contribution in [3.8, 4) is 5.75 Å². The maximum atomic E-state index is 12.1. The summed E-state index contributed by atoms with van der Waals surface area (Å²) in [7, 11) is -3.52. The quantitative estimate of drug-likeness (QED) is 0.638. The van der Waals surface area contributed by atoms with Gasteiger partial charge in [-0.1, -0.05) is 20.3 Å². The summed E-state index contributed by atoms with van der Waals surface area (Å²) in [5.74, 6) is 0.270. The molecular weight excluding hydrogens is 316 g/mol. The van der Waals surface area contributed by atoms with E-state index in [1.54, 1.807) is 12.1 Å². The van der Waals surface area contributed by atoms with Crippen molar-refractivity contribution in [3.05, 3.63) is 24.3 Å². The van der Waals surface area contributed by atoms with E-state index in [2.05, 4.69) is 10.0 Å². The van der Waals surface area contributed by atoms with Crippen LogP contribution in [-0.4, -0.2) is 33.5 Å². The minimum Gasteiger partial charge on any atom is -0.484 e. The average Bonchev–Trinajstić information content (AvgIpc) is 2.53. The number of rotatable bonds is 10. The topological polar surface area (TPSA) is 84.5 Å². The van der Waals surface area contributed by atoms with E-state index in [-0.39, 0.29) is 23.5 Å². The Morgan fingerprint density at radius 2 is 1.87 bits per heavy atom. The smallest absolute Gasteiger partial charge is 0.257 e. The fourth-order valence-electron chi connectivity index (χ4n) is 1.74. The molecule has 0 spiro atoms. The molecule has 0 fully saturated rings. The normalized spacial score (nSPS) is 12.7. The molecule has 0 aliphatic rings. The Bertz CT molecular complexity index is 585. The van der Waals surface area contributed by atoms with Gasteiger partial charge in [0.2, 0.25) is 10.0 Å². The molecule has 7 heteroatoms. The van der Waals surface area contributed by atoms with Crippen LogP contribution in [0.25, 0.3) is 0 Å². The van der Waals surface area contributed by atoms with Crippen LogP contribution < -0.4 is 14.8 Å². The van der Waals surface area contributed by atoms with Crippen LogP contribution in [-0.2, 0) is 14.8 Å². The lowest BCUT2D eigenvalue weighted by Crippen LogP contribution is -2.32. The standard InChI is InChI=1S/C16H26N2O4S/c1-4-6-11-17-16(19)12-22-14-7-9-15(10-8-14)23(20,21)18-13(3)5-2/h7-10,13,18H,4-6,11-12H2,1-3H3,(H,17,19)/t13-/m1/s1. The summed E-state index contributed by atoms with van der Waals surface area (Å²) in [5.41, 5.74) is 0. The SMILES string of the molecule is CCCCNC(=O)COc1ccc(S(=O)(=O)N[C@H](C)CC)cc1. The van der Waals surface area contributed by atoms with Gasteiger partial charge in [0.25, 0.3) is 5.91 Å². The van der Waals surface area contributed by atoms with Crippen molar-refractivity contribution in [1.29, 1.82) is 0 Å². The number of sulfonamides is 1. The van der Waals surface area contributed by atoms with Gasteiger partial charge >= 0.3 is 0 Å². The number of nitrogens with one attached hydrogen (secondary N) is 2. The van der Waals surface area contributed by atoms with Gasteiger partial charge in [-0.05, 0) is 44.0 Å². The molecule has 1 aromatic rings. The van der Waals surface area contributed by atoms with Crippen LogP contribution in [0.2, 0.25) is 0 Å². The van der Waals surface area contributed by atoms with E-state index in [4.69, 9.17) is 4.74 Å². The van der Waals surface area contributed by atoms with Crippen molar-refractivity contribution in [2.75, 3.05) is 13.2 Å². The fourth-order valence-corrected chi connectivity index (χ4v) is 3.06. The van der Waals surface area contributed by atoms with Crippen LogP contribution in [0.4, 0.5) is 0 Å². The maximum Gasteiger partial charge on any atom is 0.257 e. The number of benzene rings is 1. The highest BCUT2D eigenvalue weighted by molar-refractivity contribution is 7.89. The molecule has 0 unspecified atom stereocenters. The molecule has 0 saturated carbocycles. The molecule has 1 aromatic carbocycles. The lowest BCUT2D eigenvalue weighted by atomic mass is 10.3. The first-order valence-electron chi connectivity index (χ1n) is 7.91. The average molecular weight is 342 g/mol. The highest BCUT2D eigenvalue weighted by atomic mass is 32.2. The van der Waals surface area contributed by atoms with Gasteiger partial charge in [0, 0.05) is 12.6 Å². The lowest BCUT2D eigenvalue weighted by Gasteiger charge is -2.12. The Morgan fingerprint density at radius 3 is 2.43 bits per heavy atom. The number of ether oxygens (including phenoxy) is 1. The summed E-state index contributed by atoms with van der Waals surface area (Å²) in [4.78, 5) is 11.7. The molecule has 1 rings (SSSR count). The van der Waals surface area contributed by atoms with E-state index in [0.717, 1.165) is 12.8 Å². The molecule has 1 amide bonds. The summed E-state index contributed by atoms with van der Waals surface area (Å²) < 4.78 is 32.1. The zero-order chi connectivity index (χ0) is 17.3. The maximum absolute atomic E-state index is 12.1. The molecule has 0 bridgehead atoms. The number of hydrogen-bond acceptors (Lipinski definition) is 4. The van der Waals surface area contributed by atoms with E-state index in [1.807, 2.05) is 20.8 Å². The summed E-state index contributed by atoms with van der Waals surface area (Å²) in [6.07, 6.45) is 2.66. The Kier molecular flexibility index (Phi) is 8.05. The van der Waals surface area contributed by atoms with E-state index < -0.39 is 10.0 Å². The summed E-state index contributed by atoms with van der Waals surface area (Å²) in [6, 6.07) is 5.90. The fraction of sp³-hybridized carbons (Fsp3) is 0.562. The summed E-state index contributed by atoms with van der Waals surface area (Å²) in [5, 5.41) is 2.75. The van der Waals surface area contributed by atoms with Gasteiger partial charge in [-0.25, -0.2) is 13.1 Å².